The third-order valence-corrected chi connectivity index (χ3v) is 22.6. The van der Waals surface area contributed by atoms with E-state index in [1.165, 1.54) is 128 Å². The van der Waals surface area contributed by atoms with Gasteiger partial charge in [-0.1, -0.05) is 77.0 Å². The lowest BCUT2D eigenvalue weighted by Crippen LogP contribution is -2.54. The second-order valence-corrected chi connectivity index (χ2v) is 23.0. The Hall–Kier alpha value is 0.314. The summed E-state index contributed by atoms with van der Waals surface area (Å²) in [6, 6.07) is 2.88. The Bertz CT molecular complexity index is 650. The second kappa shape index (κ2) is 10.8. The van der Waals surface area contributed by atoms with E-state index in [1.54, 1.807) is 0 Å². The van der Waals surface area contributed by atoms with Gasteiger partial charge in [0.05, 0.1) is 24.4 Å². The molecule has 6 fully saturated rings. The van der Waals surface area contributed by atoms with E-state index in [1.807, 2.05) is 0 Å². The average molecular weight is 519 g/mol. The molecule has 4 saturated carbocycles. The van der Waals surface area contributed by atoms with E-state index in [4.69, 9.17) is 13.6 Å². The largest absolute Gasteiger partial charge is 0.455 e. The Morgan fingerprint density at radius 2 is 0.971 bits per heavy atom. The van der Waals surface area contributed by atoms with Gasteiger partial charge < -0.3 is 13.6 Å². The van der Waals surface area contributed by atoms with Gasteiger partial charge >= 0.3 is 0 Å². The minimum absolute atomic E-state index is 0.629. The van der Waals surface area contributed by atoms with Crippen LogP contribution in [0.5, 0.6) is 0 Å². The fourth-order valence-corrected chi connectivity index (χ4v) is 21.6. The zero-order chi connectivity index (χ0) is 23.9. The Balaban J connectivity index is 1.16. The van der Waals surface area contributed by atoms with Gasteiger partial charge in [0.15, 0.2) is 16.6 Å². The molecule has 4 aliphatic carbocycles. The van der Waals surface area contributed by atoms with Gasteiger partial charge in [-0.25, -0.2) is 0 Å². The highest BCUT2D eigenvalue weighted by molar-refractivity contribution is 6.87. The van der Waals surface area contributed by atoms with Gasteiger partial charge in [0.1, 0.15) is 0 Å². The summed E-state index contributed by atoms with van der Waals surface area (Å²) in [5.41, 5.74) is 1.85. The molecule has 6 rings (SSSR count). The molecule has 2 saturated heterocycles. The zero-order valence-corrected chi connectivity index (χ0v) is 25.0. The first-order valence-electron chi connectivity index (χ1n) is 16.0. The summed E-state index contributed by atoms with van der Waals surface area (Å²) in [5, 5.41) is 0. The van der Waals surface area contributed by atoms with Crippen molar-refractivity contribution in [2.24, 2.45) is 11.8 Å². The molecule has 6 aliphatic rings. The third kappa shape index (κ3) is 6.15. The fraction of sp³-hybridized carbons (Fsp3) is 1.00. The lowest BCUT2D eigenvalue weighted by molar-refractivity contribution is 0.342. The molecule has 0 aromatic heterocycles. The van der Waals surface area contributed by atoms with Gasteiger partial charge in [-0.05, 0) is 86.6 Å². The standard InChI is InChI=1S/C30H54O3Si2/c1-34(25-9-5-3-6-10-25,19-17-23-13-15-27-29(21-23)31-27)33-35(2,26-11-7-4-8-12-26)20-18-24-14-16-28-30(22-24)32-28/h23-30H,3-22H2,1-2H3. The molecule has 2 heterocycles. The first kappa shape index (κ1) is 25.6. The van der Waals surface area contributed by atoms with Gasteiger partial charge in [0.2, 0.25) is 0 Å². The van der Waals surface area contributed by atoms with Crippen LogP contribution in [0.15, 0.2) is 0 Å². The van der Waals surface area contributed by atoms with Gasteiger partial charge in [-0.2, -0.15) is 0 Å². The number of hydrogen-bond donors (Lipinski definition) is 0. The molecule has 0 radical (unpaired) electrons. The summed E-state index contributed by atoms with van der Waals surface area (Å²) in [6.07, 6.45) is 28.3. The highest BCUT2D eigenvalue weighted by Crippen LogP contribution is 2.50. The van der Waals surface area contributed by atoms with Crippen molar-refractivity contribution >= 4 is 16.6 Å². The first-order valence-corrected chi connectivity index (χ1v) is 21.4. The van der Waals surface area contributed by atoms with Gasteiger partial charge in [0.25, 0.3) is 0 Å². The Kier molecular flexibility index (Phi) is 7.91. The highest BCUT2D eigenvalue weighted by atomic mass is 28.4. The monoisotopic (exact) mass is 518 g/mol. The highest BCUT2D eigenvalue weighted by Gasteiger charge is 2.50. The van der Waals surface area contributed by atoms with E-state index >= 15 is 0 Å². The van der Waals surface area contributed by atoms with E-state index in [0.29, 0.717) is 24.4 Å². The van der Waals surface area contributed by atoms with Crippen LogP contribution in [-0.4, -0.2) is 41.1 Å². The van der Waals surface area contributed by atoms with Crippen molar-refractivity contribution < 1.29 is 13.6 Å². The molecule has 0 N–H and O–H groups in total. The molecular weight excluding hydrogens is 464 g/mol. The predicted molar refractivity (Wildman–Crippen MR) is 149 cm³/mol. The smallest absolute Gasteiger partial charge is 0.179 e. The van der Waals surface area contributed by atoms with Crippen LogP contribution >= 0.6 is 0 Å². The van der Waals surface area contributed by atoms with E-state index in [2.05, 4.69) is 13.1 Å². The summed E-state index contributed by atoms with van der Waals surface area (Å²) in [6.45, 7) is 5.47. The van der Waals surface area contributed by atoms with Crippen LogP contribution in [0.2, 0.25) is 36.3 Å². The van der Waals surface area contributed by atoms with Crippen molar-refractivity contribution in [2.45, 2.75) is 176 Å². The van der Waals surface area contributed by atoms with E-state index in [0.717, 1.165) is 22.9 Å². The molecule has 0 aromatic carbocycles. The number of rotatable bonds is 10. The number of fused-ring (bicyclic) bond motifs is 2. The number of hydrogen-bond acceptors (Lipinski definition) is 3. The zero-order valence-electron chi connectivity index (χ0n) is 23.0. The molecule has 0 aromatic rings. The molecular formula is C30H54O3Si2. The Morgan fingerprint density at radius 3 is 1.37 bits per heavy atom. The summed E-state index contributed by atoms with van der Waals surface area (Å²) in [5.74, 6) is 1.82. The third-order valence-electron chi connectivity index (χ3n) is 11.7. The summed E-state index contributed by atoms with van der Waals surface area (Å²) < 4.78 is 19.8. The summed E-state index contributed by atoms with van der Waals surface area (Å²) >= 11 is 0. The number of epoxide rings is 2. The van der Waals surface area contributed by atoms with Crippen LogP contribution in [0.4, 0.5) is 0 Å². The molecule has 5 heteroatoms. The van der Waals surface area contributed by atoms with Gasteiger partial charge in [-0.3, -0.25) is 0 Å². The molecule has 2 aliphatic heterocycles. The lowest BCUT2D eigenvalue weighted by atomic mass is 9.87. The van der Waals surface area contributed by atoms with Crippen molar-refractivity contribution in [3.63, 3.8) is 0 Å². The van der Waals surface area contributed by atoms with Gasteiger partial charge in [-0.15, -0.1) is 0 Å². The van der Waals surface area contributed by atoms with Crippen LogP contribution < -0.4 is 0 Å². The predicted octanol–water partition coefficient (Wildman–Crippen LogP) is 8.74. The van der Waals surface area contributed by atoms with Crippen molar-refractivity contribution in [3.05, 3.63) is 0 Å². The maximum Gasteiger partial charge on any atom is 0.179 e. The molecule has 0 amide bonds. The van der Waals surface area contributed by atoms with Crippen LogP contribution in [0.1, 0.15) is 116 Å². The quantitative estimate of drug-likeness (QED) is 0.214. The molecule has 8 unspecified atom stereocenters. The van der Waals surface area contributed by atoms with Crippen LogP contribution in [0, 0.1) is 11.8 Å². The SMILES string of the molecule is C[Si](CCC1CCC2OC2C1)(O[Si](C)(CCC1CCC2OC2C1)C1CCCCC1)C1CCCCC1. The van der Waals surface area contributed by atoms with E-state index in [-0.39, 0.29) is 0 Å². The Labute approximate surface area is 218 Å². The van der Waals surface area contributed by atoms with Crippen LogP contribution in [-0.2, 0) is 13.6 Å². The summed E-state index contributed by atoms with van der Waals surface area (Å²) in [4.78, 5) is 0. The molecule has 35 heavy (non-hydrogen) atoms. The normalized spacial score (nSPS) is 41.3. The molecule has 8 atom stereocenters. The van der Waals surface area contributed by atoms with Crippen molar-refractivity contribution in [1.82, 2.24) is 0 Å². The molecule has 0 spiro atoms. The summed E-state index contributed by atoms with van der Waals surface area (Å²) in [7, 11) is -3.51. The lowest BCUT2D eigenvalue weighted by Gasteiger charge is -2.48. The minimum Gasteiger partial charge on any atom is -0.455 e. The number of ether oxygens (including phenoxy) is 2. The molecule has 3 nitrogen and oxygen atoms in total. The van der Waals surface area contributed by atoms with Crippen LogP contribution in [0.3, 0.4) is 0 Å². The molecule has 0 bridgehead atoms. The van der Waals surface area contributed by atoms with Crippen molar-refractivity contribution in [2.75, 3.05) is 0 Å². The van der Waals surface area contributed by atoms with Gasteiger partial charge in [0, 0.05) is 0 Å². The molecule has 200 valence electrons. The topological polar surface area (TPSA) is 34.3 Å². The Morgan fingerprint density at radius 1 is 0.543 bits per heavy atom. The average Bonchev–Trinajstić information content (AvgIpc) is 3.82. The van der Waals surface area contributed by atoms with Crippen LogP contribution in [0.25, 0.3) is 0 Å². The minimum atomic E-state index is -1.76. The first-order chi connectivity index (χ1) is 17.0. The maximum absolute atomic E-state index is 7.98. The second-order valence-electron chi connectivity index (χ2n) is 14.3. The fourth-order valence-electron chi connectivity index (χ4n) is 9.12. The van der Waals surface area contributed by atoms with Crippen molar-refractivity contribution in [3.8, 4) is 0 Å². The maximum atomic E-state index is 7.98. The van der Waals surface area contributed by atoms with E-state index in [9.17, 15) is 0 Å². The van der Waals surface area contributed by atoms with E-state index < -0.39 is 16.6 Å². The van der Waals surface area contributed by atoms with Crippen molar-refractivity contribution in [1.29, 1.82) is 0 Å².